The average Bonchev–Trinajstić information content (AvgIpc) is 3.25. The van der Waals surface area contributed by atoms with Crippen molar-refractivity contribution in [1.29, 1.82) is 0 Å². The standard InChI is InChI=1S/C22H28FNO7/c23-17-7-5-15(6-8-17)19-9-10-24(22(28)31-18-3-1-2-4-18)11-16(19)12-30-21(27)14-29-13-20(25)26/h5-8,16,18-19H,1-4,9-14H2,(H,25,26)/t16-,19-/m0/s1. The number of likely N-dealkylation sites (tertiary alicyclic amines) is 1. The predicted molar refractivity (Wildman–Crippen MR) is 107 cm³/mol. The Morgan fingerprint density at radius 3 is 2.45 bits per heavy atom. The van der Waals surface area contributed by atoms with Crippen LogP contribution in [0.25, 0.3) is 0 Å². The van der Waals surface area contributed by atoms with Gasteiger partial charge in [0.15, 0.2) is 0 Å². The Morgan fingerprint density at radius 2 is 1.77 bits per heavy atom. The third-order valence-corrected chi connectivity index (χ3v) is 5.76. The van der Waals surface area contributed by atoms with Crippen LogP contribution in [0.3, 0.4) is 0 Å². The van der Waals surface area contributed by atoms with Crippen molar-refractivity contribution in [3.63, 3.8) is 0 Å². The highest BCUT2D eigenvalue weighted by atomic mass is 19.1. The average molecular weight is 437 g/mol. The molecule has 31 heavy (non-hydrogen) atoms. The van der Waals surface area contributed by atoms with Crippen molar-refractivity contribution in [1.82, 2.24) is 4.90 Å². The lowest BCUT2D eigenvalue weighted by Crippen LogP contribution is -2.45. The van der Waals surface area contributed by atoms with E-state index in [4.69, 9.17) is 19.3 Å². The first-order chi connectivity index (χ1) is 14.9. The lowest BCUT2D eigenvalue weighted by atomic mass is 9.81. The van der Waals surface area contributed by atoms with Gasteiger partial charge >= 0.3 is 18.0 Å². The van der Waals surface area contributed by atoms with Crippen LogP contribution in [-0.4, -0.2) is 67.1 Å². The maximum atomic E-state index is 13.3. The van der Waals surface area contributed by atoms with Crippen molar-refractivity contribution in [2.75, 3.05) is 32.9 Å². The number of halogens is 1. The van der Waals surface area contributed by atoms with Gasteiger partial charge in [-0.3, -0.25) is 0 Å². The first kappa shape index (κ1) is 23.0. The van der Waals surface area contributed by atoms with Crippen LogP contribution in [0.1, 0.15) is 43.6 Å². The number of esters is 1. The minimum Gasteiger partial charge on any atom is -0.480 e. The molecule has 1 aliphatic carbocycles. The van der Waals surface area contributed by atoms with E-state index >= 15 is 0 Å². The van der Waals surface area contributed by atoms with Gasteiger partial charge in [0.2, 0.25) is 0 Å². The molecule has 0 unspecified atom stereocenters. The second-order valence-electron chi connectivity index (χ2n) is 8.01. The fourth-order valence-corrected chi connectivity index (χ4v) is 4.20. The zero-order chi connectivity index (χ0) is 22.2. The van der Waals surface area contributed by atoms with Gasteiger partial charge in [0, 0.05) is 19.0 Å². The van der Waals surface area contributed by atoms with E-state index in [9.17, 15) is 18.8 Å². The summed E-state index contributed by atoms with van der Waals surface area (Å²) in [5, 5.41) is 8.57. The molecule has 1 heterocycles. The van der Waals surface area contributed by atoms with Gasteiger partial charge in [-0.25, -0.2) is 18.8 Å². The molecule has 1 amide bonds. The number of carboxylic acids is 1. The van der Waals surface area contributed by atoms with E-state index in [1.54, 1.807) is 17.0 Å². The van der Waals surface area contributed by atoms with Gasteiger partial charge in [0.25, 0.3) is 0 Å². The van der Waals surface area contributed by atoms with Crippen molar-refractivity contribution in [3.05, 3.63) is 35.6 Å². The van der Waals surface area contributed by atoms with Gasteiger partial charge in [-0.05, 0) is 55.7 Å². The van der Waals surface area contributed by atoms with E-state index in [1.807, 2.05) is 0 Å². The second kappa shape index (κ2) is 11.1. The Morgan fingerprint density at radius 1 is 1.06 bits per heavy atom. The van der Waals surface area contributed by atoms with E-state index in [1.165, 1.54) is 12.1 Å². The second-order valence-corrected chi connectivity index (χ2v) is 8.01. The number of hydrogen-bond donors (Lipinski definition) is 1. The van der Waals surface area contributed by atoms with E-state index in [0.29, 0.717) is 19.5 Å². The summed E-state index contributed by atoms with van der Waals surface area (Å²) < 4.78 is 29.0. The molecule has 0 aromatic heterocycles. The molecule has 2 atom stereocenters. The summed E-state index contributed by atoms with van der Waals surface area (Å²) in [6.07, 6.45) is 4.13. The highest BCUT2D eigenvalue weighted by molar-refractivity contribution is 5.72. The number of piperidine rings is 1. The molecule has 1 aromatic carbocycles. The highest BCUT2D eigenvalue weighted by Gasteiger charge is 2.35. The van der Waals surface area contributed by atoms with Crippen molar-refractivity contribution < 1.29 is 38.1 Å². The summed E-state index contributed by atoms with van der Waals surface area (Å²) in [6.45, 7) is -0.174. The van der Waals surface area contributed by atoms with Crippen LogP contribution in [0.5, 0.6) is 0 Å². The Labute approximate surface area is 180 Å². The van der Waals surface area contributed by atoms with E-state index in [-0.39, 0.29) is 36.5 Å². The van der Waals surface area contributed by atoms with Crippen LogP contribution in [0, 0.1) is 11.7 Å². The first-order valence-electron chi connectivity index (χ1n) is 10.6. The number of nitrogens with zero attached hydrogens (tertiary/aromatic N) is 1. The number of rotatable bonds is 8. The highest BCUT2D eigenvalue weighted by Crippen LogP contribution is 2.34. The third kappa shape index (κ3) is 6.92. The molecule has 1 N–H and O–H groups in total. The third-order valence-electron chi connectivity index (χ3n) is 5.76. The minimum absolute atomic E-state index is 0.0242. The molecule has 8 nitrogen and oxygen atoms in total. The number of aliphatic carboxylic acids is 1. The lowest BCUT2D eigenvalue weighted by molar-refractivity contribution is -0.154. The maximum Gasteiger partial charge on any atom is 0.410 e. The molecule has 9 heteroatoms. The monoisotopic (exact) mass is 437 g/mol. The quantitative estimate of drug-likeness (QED) is 0.624. The van der Waals surface area contributed by atoms with Crippen molar-refractivity contribution in [2.45, 2.75) is 44.1 Å². The van der Waals surface area contributed by atoms with Gasteiger partial charge in [-0.2, -0.15) is 0 Å². The number of ether oxygens (including phenoxy) is 3. The molecule has 1 aliphatic heterocycles. The first-order valence-corrected chi connectivity index (χ1v) is 10.6. The van der Waals surface area contributed by atoms with Crippen LogP contribution >= 0.6 is 0 Å². The molecule has 1 saturated heterocycles. The summed E-state index contributed by atoms with van der Waals surface area (Å²) in [7, 11) is 0. The van der Waals surface area contributed by atoms with Gasteiger partial charge in [0.1, 0.15) is 25.1 Å². The number of carboxylic acid groups (broad SMARTS) is 1. The number of hydrogen-bond acceptors (Lipinski definition) is 6. The molecule has 2 fully saturated rings. The molecular weight excluding hydrogens is 409 g/mol. The number of benzene rings is 1. The normalized spacial score (nSPS) is 21.6. The van der Waals surface area contributed by atoms with Gasteiger partial charge in [-0.1, -0.05) is 12.1 Å². The fourth-order valence-electron chi connectivity index (χ4n) is 4.20. The van der Waals surface area contributed by atoms with Crippen molar-refractivity contribution in [2.24, 2.45) is 5.92 Å². The number of carbonyl (C=O) groups excluding carboxylic acids is 2. The number of amides is 1. The van der Waals surface area contributed by atoms with Crippen LogP contribution in [0.2, 0.25) is 0 Å². The van der Waals surface area contributed by atoms with Crippen LogP contribution in [0.15, 0.2) is 24.3 Å². The molecule has 0 spiro atoms. The molecule has 1 aromatic rings. The van der Waals surface area contributed by atoms with E-state index in [2.05, 4.69) is 0 Å². The van der Waals surface area contributed by atoms with Crippen molar-refractivity contribution >= 4 is 18.0 Å². The van der Waals surface area contributed by atoms with E-state index in [0.717, 1.165) is 31.2 Å². The molecule has 3 rings (SSSR count). The zero-order valence-corrected chi connectivity index (χ0v) is 17.3. The van der Waals surface area contributed by atoms with Gasteiger partial charge in [0.05, 0.1) is 6.61 Å². The summed E-state index contributed by atoms with van der Waals surface area (Å²) in [6, 6.07) is 6.19. The molecule has 0 bridgehead atoms. The topological polar surface area (TPSA) is 102 Å². The molecule has 170 valence electrons. The Balaban J connectivity index is 1.61. The minimum atomic E-state index is -1.17. The van der Waals surface area contributed by atoms with Gasteiger partial charge < -0.3 is 24.2 Å². The Kier molecular flexibility index (Phi) is 8.22. The SMILES string of the molecule is O=C(O)COCC(=O)OC[C@@H]1CN(C(=O)OC2CCCC2)CC[C@H]1c1ccc(F)cc1. The summed E-state index contributed by atoms with van der Waals surface area (Å²) >= 11 is 0. The Bertz CT molecular complexity index is 764. The zero-order valence-electron chi connectivity index (χ0n) is 17.3. The van der Waals surface area contributed by atoms with Crippen LogP contribution in [0.4, 0.5) is 9.18 Å². The largest absolute Gasteiger partial charge is 0.480 e. The Hall–Kier alpha value is -2.68. The molecule has 0 radical (unpaired) electrons. The predicted octanol–water partition coefficient (Wildman–Crippen LogP) is 2.95. The maximum absolute atomic E-state index is 13.3. The van der Waals surface area contributed by atoms with Crippen LogP contribution in [-0.2, 0) is 23.8 Å². The lowest BCUT2D eigenvalue weighted by Gasteiger charge is -2.38. The van der Waals surface area contributed by atoms with E-state index < -0.39 is 25.2 Å². The number of carbonyl (C=O) groups is 3. The molecular formula is C22H28FNO7. The summed E-state index contributed by atoms with van der Waals surface area (Å²) in [5.74, 6) is -2.42. The smallest absolute Gasteiger partial charge is 0.410 e. The molecule has 1 saturated carbocycles. The molecule has 2 aliphatic rings. The van der Waals surface area contributed by atoms with Crippen LogP contribution < -0.4 is 0 Å². The van der Waals surface area contributed by atoms with Gasteiger partial charge in [-0.15, -0.1) is 0 Å². The summed E-state index contributed by atoms with van der Waals surface area (Å²) in [4.78, 5) is 36.6. The van der Waals surface area contributed by atoms with Crippen molar-refractivity contribution in [3.8, 4) is 0 Å². The fraction of sp³-hybridized carbons (Fsp3) is 0.591. The summed E-state index contributed by atoms with van der Waals surface area (Å²) in [5.41, 5.74) is 0.911.